The highest BCUT2D eigenvalue weighted by Crippen LogP contribution is 1.91. The molecular weight excluding hydrogens is 104 g/mol. The van der Waals surface area contributed by atoms with Crippen molar-refractivity contribution in [1.82, 2.24) is 0 Å². The van der Waals surface area contributed by atoms with Gasteiger partial charge in [0.2, 0.25) is 0 Å². The molecule has 8 heavy (non-hydrogen) atoms. The zero-order valence-corrected chi connectivity index (χ0v) is 5.35. The van der Waals surface area contributed by atoms with E-state index in [9.17, 15) is 0 Å². The summed E-state index contributed by atoms with van der Waals surface area (Å²) in [5.41, 5.74) is 0. The van der Waals surface area contributed by atoms with E-state index in [1.165, 1.54) is 0 Å². The van der Waals surface area contributed by atoms with Crippen molar-refractivity contribution in [2.24, 2.45) is 0 Å². The topological polar surface area (TPSA) is 29.5 Å². The average molecular weight is 116 g/mol. The molecule has 0 aromatic carbocycles. The van der Waals surface area contributed by atoms with Gasteiger partial charge in [-0.2, -0.15) is 0 Å². The van der Waals surface area contributed by atoms with Gasteiger partial charge in [-0.1, -0.05) is 6.58 Å². The molecule has 0 aliphatic rings. The molecule has 0 aliphatic carbocycles. The predicted molar refractivity (Wildman–Crippen MR) is 32.4 cm³/mol. The Bertz CT molecular complexity index is 76.6. The van der Waals surface area contributed by atoms with Crippen molar-refractivity contribution in [2.75, 3.05) is 6.61 Å². The summed E-state index contributed by atoms with van der Waals surface area (Å²) in [6.45, 7) is 7.26. The van der Waals surface area contributed by atoms with E-state index in [1.54, 1.807) is 13.8 Å². The van der Waals surface area contributed by atoms with Crippen LogP contribution in [-0.2, 0) is 4.74 Å². The van der Waals surface area contributed by atoms with Crippen molar-refractivity contribution in [3.05, 3.63) is 12.3 Å². The first-order valence-corrected chi connectivity index (χ1v) is 2.59. The fraction of sp³-hybridized carbons (Fsp3) is 0.667. The van der Waals surface area contributed by atoms with Crippen LogP contribution in [0, 0.1) is 0 Å². The van der Waals surface area contributed by atoms with Crippen molar-refractivity contribution in [1.29, 1.82) is 0 Å². The second-order valence-electron chi connectivity index (χ2n) is 1.86. The number of rotatable bonds is 3. The third kappa shape index (κ3) is 5.50. The molecule has 0 bridgehead atoms. The highest BCUT2D eigenvalue weighted by Gasteiger charge is 1.92. The Kier molecular flexibility index (Phi) is 3.28. The van der Waals surface area contributed by atoms with Crippen molar-refractivity contribution >= 4 is 0 Å². The molecule has 1 N–H and O–H groups in total. The van der Waals surface area contributed by atoms with Gasteiger partial charge in [-0.3, -0.25) is 0 Å². The van der Waals surface area contributed by atoms with Gasteiger partial charge in [0, 0.05) is 0 Å². The zero-order chi connectivity index (χ0) is 6.57. The molecule has 0 amide bonds. The molecule has 0 rings (SSSR count). The van der Waals surface area contributed by atoms with Crippen LogP contribution in [0.3, 0.4) is 0 Å². The van der Waals surface area contributed by atoms with E-state index in [0.717, 1.165) is 0 Å². The van der Waals surface area contributed by atoms with Crippen LogP contribution < -0.4 is 0 Å². The van der Waals surface area contributed by atoms with Gasteiger partial charge in [0.25, 0.3) is 0 Å². The largest absolute Gasteiger partial charge is 0.496 e. The molecule has 0 aromatic heterocycles. The third-order valence-electron chi connectivity index (χ3n) is 0.571. The SMILES string of the molecule is C=C(C)OCC(C)O. The predicted octanol–water partition coefficient (Wildman–Crippen LogP) is 0.917. The third-order valence-corrected chi connectivity index (χ3v) is 0.571. The molecule has 0 saturated heterocycles. The second kappa shape index (κ2) is 3.50. The van der Waals surface area contributed by atoms with Crippen LogP contribution in [0.15, 0.2) is 12.3 Å². The van der Waals surface area contributed by atoms with Crippen molar-refractivity contribution in [3.63, 3.8) is 0 Å². The quantitative estimate of drug-likeness (QED) is 0.555. The highest BCUT2D eigenvalue weighted by atomic mass is 16.5. The number of aliphatic hydroxyl groups excluding tert-OH is 1. The summed E-state index contributed by atoms with van der Waals surface area (Å²) in [7, 11) is 0. The number of hydrogen-bond donors (Lipinski definition) is 1. The molecular formula is C6H12O2. The lowest BCUT2D eigenvalue weighted by molar-refractivity contribution is 0.0850. The Hall–Kier alpha value is -0.500. The first-order valence-electron chi connectivity index (χ1n) is 2.59. The molecule has 1 atom stereocenters. The lowest BCUT2D eigenvalue weighted by Crippen LogP contribution is -2.08. The van der Waals surface area contributed by atoms with Gasteiger partial charge in [-0.25, -0.2) is 0 Å². The summed E-state index contributed by atoms with van der Waals surface area (Å²) in [4.78, 5) is 0. The number of allylic oxidation sites excluding steroid dienone is 1. The molecule has 0 fully saturated rings. The van der Waals surface area contributed by atoms with E-state index in [1.807, 2.05) is 0 Å². The molecule has 0 aromatic rings. The summed E-state index contributed by atoms with van der Waals surface area (Å²) >= 11 is 0. The number of aliphatic hydroxyl groups is 1. The molecule has 2 nitrogen and oxygen atoms in total. The lowest BCUT2D eigenvalue weighted by atomic mass is 10.4. The minimum Gasteiger partial charge on any atom is -0.496 e. The maximum atomic E-state index is 8.64. The average Bonchev–Trinajstić information content (AvgIpc) is 1.61. The first kappa shape index (κ1) is 7.50. The normalized spacial score (nSPS) is 12.9. The van der Waals surface area contributed by atoms with E-state index < -0.39 is 6.10 Å². The molecule has 0 heterocycles. The second-order valence-corrected chi connectivity index (χ2v) is 1.86. The van der Waals surface area contributed by atoms with Gasteiger partial charge in [-0.15, -0.1) is 0 Å². The van der Waals surface area contributed by atoms with Crippen molar-refractivity contribution in [3.8, 4) is 0 Å². The molecule has 1 unspecified atom stereocenters. The standard InChI is InChI=1S/C6H12O2/c1-5(2)8-4-6(3)7/h6-7H,1,4H2,2-3H3. The van der Waals surface area contributed by atoms with E-state index in [2.05, 4.69) is 6.58 Å². The van der Waals surface area contributed by atoms with Crippen LogP contribution in [0.2, 0.25) is 0 Å². The minimum atomic E-state index is -0.397. The molecule has 0 radical (unpaired) electrons. The van der Waals surface area contributed by atoms with Gasteiger partial charge in [0.15, 0.2) is 0 Å². The highest BCUT2D eigenvalue weighted by molar-refractivity contribution is 4.73. The summed E-state index contributed by atoms with van der Waals surface area (Å²) in [6.07, 6.45) is -0.397. The maximum absolute atomic E-state index is 8.64. The Balaban J connectivity index is 3.05. The first-order chi connectivity index (χ1) is 3.63. The monoisotopic (exact) mass is 116 g/mol. The van der Waals surface area contributed by atoms with Gasteiger partial charge in [-0.05, 0) is 13.8 Å². The molecule has 0 aliphatic heterocycles. The van der Waals surface area contributed by atoms with Crippen LogP contribution >= 0.6 is 0 Å². The zero-order valence-electron chi connectivity index (χ0n) is 5.35. The molecule has 0 saturated carbocycles. The summed E-state index contributed by atoms with van der Waals surface area (Å²) < 4.78 is 4.86. The Labute approximate surface area is 49.8 Å². The van der Waals surface area contributed by atoms with E-state index in [4.69, 9.17) is 9.84 Å². The summed E-state index contributed by atoms with van der Waals surface area (Å²) in [5, 5.41) is 8.64. The number of hydrogen-bond acceptors (Lipinski definition) is 2. The number of ether oxygens (including phenoxy) is 1. The van der Waals surface area contributed by atoms with Gasteiger partial charge >= 0.3 is 0 Å². The Morgan fingerprint density at radius 2 is 2.38 bits per heavy atom. The summed E-state index contributed by atoms with van der Waals surface area (Å²) in [5.74, 6) is 0.644. The molecule has 0 spiro atoms. The molecule has 2 heteroatoms. The van der Waals surface area contributed by atoms with E-state index in [0.29, 0.717) is 12.4 Å². The molecule has 48 valence electrons. The Morgan fingerprint density at radius 3 is 2.50 bits per heavy atom. The smallest absolute Gasteiger partial charge is 0.113 e. The van der Waals surface area contributed by atoms with Gasteiger partial charge in [0.1, 0.15) is 6.61 Å². The van der Waals surface area contributed by atoms with Crippen molar-refractivity contribution < 1.29 is 9.84 Å². The van der Waals surface area contributed by atoms with Crippen molar-refractivity contribution in [2.45, 2.75) is 20.0 Å². The van der Waals surface area contributed by atoms with Crippen LogP contribution in [0.1, 0.15) is 13.8 Å². The van der Waals surface area contributed by atoms with Crippen LogP contribution in [-0.4, -0.2) is 17.8 Å². The maximum Gasteiger partial charge on any atom is 0.113 e. The van der Waals surface area contributed by atoms with Crippen LogP contribution in [0.4, 0.5) is 0 Å². The minimum absolute atomic E-state index is 0.343. The fourth-order valence-electron chi connectivity index (χ4n) is 0.263. The van der Waals surface area contributed by atoms with Crippen LogP contribution in [0.25, 0.3) is 0 Å². The summed E-state index contributed by atoms with van der Waals surface area (Å²) in [6, 6.07) is 0. The van der Waals surface area contributed by atoms with Crippen LogP contribution in [0.5, 0.6) is 0 Å². The van der Waals surface area contributed by atoms with E-state index in [-0.39, 0.29) is 0 Å². The van der Waals surface area contributed by atoms with Gasteiger partial charge < -0.3 is 9.84 Å². The fourth-order valence-corrected chi connectivity index (χ4v) is 0.263. The van der Waals surface area contributed by atoms with Gasteiger partial charge in [0.05, 0.1) is 11.9 Å². The lowest BCUT2D eigenvalue weighted by Gasteiger charge is -2.05. The van der Waals surface area contributed by atoms with E-state index >= 15 is 0 Å². The Morgan fingerprint density at radius 1 is 1.88 bits per heavy atom.